The molecule has 0 aliphatic carbocycles. The number of para-hydroxylation sites is 1. The lowest BCUT2D eigenvalue weighted by Crippen LogP contribution is -1.94. The Hall–Kier alpha value is -7.14. The second-order valence-electron chi connectivity index (χ2n) is 14.2. The maximum atomic E-state index is 5.43. The highest BCUT2D eigenvalue weighted by Gasteiger charge is 2.20. The SMILES string of the molecule is c1ccc(-c2cccc(-c3nc(-c4cccc(-c5cccc6c5c5cc(-c7ccccc7)ccc5n6-c5ccccc5)c4)c4c(n3)sc3ccccc34)c2)cc1. The molecule has 3 aromatic heterocycles. The van der Waals surface area contributed by atoms with Crippen molar-refractivity contribution in [1.82, 2.24) is 14.5 Å². The molecule has 0 radical (unpaired) electrons. The van der Waals surface area contributed by atoms with Crippen molar-refractivity contribution in [2.45, 2.75) is 0 Å². The lowest BCUT2D eigenvalue weighted by molar-refractivity contribution is 1.18. The summed E-state index contributed by atoms with van der Waals surface area (Å²) in [5.41, 5.74) is 13.5. The molecule has 3 heterocycles. The molecule has 0 saturated carbocycles. The van der Waals surface area contributed by atoms with Crippen LogP contribution in [0.3, 0.4) is 0 Å². The van der Waals surface area contributed by atoms with Gasteiger partial charge in [-0.05, 0) is 81.9 Å². The minimum atomic E-state index is 0.726. The summed E-state index contributed by atoms with van der Waals surface area (Å²) in [6.45, 7) is 0. The molecule has 0 fully saturated rings. The van der Waals surface area contributed by atoms with Crippen LogP contribution in [0.5, 0.6) is 0 Å². The Balaban J connectivity index is 1.14. The van der Waals surface area contributed by atoms with E-state index in [4.69, 9.17) is 9.97 Å². The number of benzene rings is 8. The van der Waals surface area contributed by atoms with E-state index < -0.39 is 0 Å². The smallest absolute Gasteiger partial charge is 0.161 e. The van der Waals surface area contributed by atoms with Gasteiger partial charge in [-0.2, -0.15) is 0 Å². The third kappa shape index (κ3) is 5.42. The van der Waals surface area contributed by atoms with Gasteiger partial charge in [-0.15, -0.1) is 11.3 Å². The van der Waals surface area contributed by atoms with Crippen LogP contribution in [0.25, 0.3) is 104 Å². The first-order valence-corrected chi connectivity index (χ1v) is 19.7. The zero-order chi connectivity index (χ0) is 37.0. The number of fused-ring (bicyclic) bond motifs is 6. The Kier molecular flexibility index (Phi) is 7.68. The molecule has 0 amide bonds. The van der Waals surface area contributed by atoms with Crippen LogP contribution in [0, 0.1) is 0 Å². The average molecular weight is 732 g/mol. The summed E-state index contributed by atoms with van der Waals surface area (Å²) < 4.78 is 3.60. The Bertz CT molecular complexity index is 3240. The predicted molar refractivity (Wildman–Crippen MR) is 236 cm³/mol. The number of rotatable bonds is 6. The number of aromatic nitrogens is 3. The summed E-state index contributed by atoms with van der Waals surface area (Å²) in [5, 5.41) is 4.73. The fourth-order valence-corrected chi connectivity index (χ4v) is 9.32. The van der Waals surface area contributed by atoms with E-state index in [1.807, 2.05) is 0 Å². The summed E-state index contributed by atoms with van der Waals surface area (Å²) in [7, 11) is 0. The molecule has 0 unspecified atom stereocenters. The normalized spacial score (nSPS) is 11.6. The van der Waals surface area contributed by atoms with Gasteiger partial charge in [0.15, 0.2) is 5.82 Å². The molecule has 11 aromatic rings. The summed E-state index contributed by atoms with van der Waals surface area (Å²) >= 11 is 1.73. The van der Waals surface area contributed by atoms with Crippen LogP contribution in [-0.2, 0) is 0 Å². The van der Waals surface area contributed by atoms with Gasteiger partial charge >= 0.3 is 0 Å². The van der Waals surface area contributed by atoms with Gasteiger partial charge in [-0.3, -0.25) is 0 Å². The minimum Gasteiger partial charge on any atom is -0.309 e. The average Bonchev–Trinajstić information content (AvgIpc) is 3.83. The van der Waals surface area contributed by atoms with Gasteiger partial charge in [0.25, 0.3) is 0 Å². The highest BCUT2D eigenvalue weighted by molar-refractivity contribution is 7.25. The molecular weight excluding hydrogens is 699 g/mol. The van der Waals surface area contributed by atoms with Crippen molar-refractivity contribution in [3.8, 4) is 61.7 Å². The molecule has 0 bridgehead atoms. The lowest BCUT2D eigenvalue weighted by atomic mass is 9.95. The second kappa shape index (κ2) is 13.3. The summed E-state index contributed by atoms with van der Waals surface area (Å²) in [4.78, 5) is 11.6. The Morgan fingerprint density at radius 2 is 0.982 bits per heavy atom. The van der Waals surface area contributed by atoms with Crippen LogP contribution in [0.4, 0.5) is 0 Å². The number of nitrogens with zero attached hydrogens (tertiary/aromatic N) is 3. The van der Waals surface area contributed by atoms with Gasteiger partial charge in [0.1, 0.15) is 4.83 Å². The van der Waals surface area contributed by atoms with Crippen molar-refractivity contribution in [3.05, 3.63) is 200 Å². The summed E-state index contributed by atoms with van der Waals surface area (Å²) in [6.07, 6.45) is 0. The Labute approximate surface area is 328 Å². The zero-order valence-corrected chi connectivity index (χ0v) is 31.1. The van der Waals surface area contributed by atoms with Crippen LogP contribution >= 0.6 is 11.3 Å². The maximum Gasteiger partial charge on any atom is 0.161 e. The zero-order valence-electron chi connectivity index (χ0n) is 30.3. The lowest BCUT2D eigenvalue weighted by Gasteiger charge is -2.11. The van der Waals surface area contributed by atoms with Crippen LogP contribution in [0.2, 0.25) is 0 Å². The monoisotopic (exact) mass is 731 g/mol. The van der Waals surface area contributed by atoms with Crippen molar-refractivity contribution >= 4 is 53.4 Å². The van der Waals surface area contributed by atoms with E-state index in [9.17, 15) is 0 Å². The predicted octanol–water partition coefficient (Wildman–Crippen LogP) is 14.3. The fourth-order valence-electron chi connectivity index (χ4n) is 8.24. The molecule has 0 spiro atoms. The first kappa shape index (κ1) is 32.3. The first-order valence-electron chi connectivity index (χ1n) is 18.9. The van der Waals surface area contributed by atoms with E-state index in [0.717, 1.165) is 49.7 Å². The van der Waals surface area contributed by atoms with E-state index >= 15 is 0 Å². The van der Waals surface area contributed by atoms with E-state index in [1.54, 1.807) is 11.3 Å². The molecule has 56 heavy (non-hydrogen) atoms. The molecule has 11 rings (SSSR count). The quantitative estimate of drug-likeness (QED) is 0.170. The molecule has 4 heteroatoms. The third-order valence-corrected chi connectivity index (χ3v) is 11.9. The van der Waals surface area contributed by atoms with Gasteiger partial charge in [-0.25, -0.2) is 9.97 Å². The minimum absolute atomic E-state index is 0.726. The molecule has 0 atom stereocenters. The molecule has 0 N–H and O–H groups in total. The van der Waals surface area contributed by atoms with Crippen LogP contribution in [0.1, 0.15) is 0 Å². The van der Waals surface area contributed by atoms with E-state index in [-0.39, 0.29) is 0 Å². The van der Waals surface area contributed by atoms with Crippen molar-refractivity contribution in [2.24, 2.45) is 0 Å². The molecule has 8 aromatic carbocycles. The van der Waals surface area contributed by atoms with E-state index in [1.165, 1.54) is 54.1 Å². The van der Waals surface area contributed by atoms with Gasteiger partial charge in [0, 0.05) is 43.1 Å². The third-order valence-electron chi connectivity index (χ3n) is 10.8. The Morgan fingerprint density at radius 3 is 1.77 bits per heavy atom. The van der Waals surface area contributed by atoms with E-state index in [0.29, 0.717) is 0 Å². The topological polar surface area (TPSA) is 30.7 Å². The number of thiophene rings is 1. The molecule has 0 aliphatic rings. The molecule has 0 aliphatic heterocycles. The molecular formula is C52H33N3S. The van der Waals surface area contributed by atoms with Crippen molar-refractivity contribution in [1.29, 1.82) is 0 Å². The van der Waals surface area contributed by atoms with Crippen molar-refractivity contribution in [2.75, 3.05) is 0 Å². The highest BCUT2D eigenvalue weighted by Crippen LogP contribution is 2.43. The van der Waals surface area contributed by atoms with E-state index in [2.05, 4.69) is 205 Å². The Morgan fingerprint density at radius 1 is 0.375 bits per heavy atom. The maximum absolute atomic E-state index is 5.43. The van der Waals surface area contributed by atoms with Crippen molar-refractivity contribution < 1.29 is 0 Å². The fraction of sp³-hybridized carbons (Fsp3) is 0. The molecule has 3 nitrogen and oxygen atoms in total. The van der Waals surface area contributed by atoms with Gasteiger partial charge < -0.3 is 4.57 Å². The van der Waals surface area contributed by atoms with Crippen molar-refractivity contribution in [3.63, 3.8) is 0 Å². The molecule has 0 saturated heterocycles. The largest absolute Gasteiger partial charge is 0.309 e. The highest BCUT2D eigenvalue weighted by atomic mass is 32.1. The number of hydrogen-bond donors (Lipinski definition) is 0. The standard InChI is InChI=1S/C52H33N3S/c1-4-15-34(16-5-1)36-19-12-22-40(31-36)51-53-50(49-43-25-10-11-28-47(43)56-52(49)54-51)39-21-13-20-38(32-39)42-26-14-27-46-48(42)44-33-37(35-17-6-2-7-18-35)29-30-45(44)55(46)41-23-8-3-9-24-41/h1-33H. The van der Waals surface area contributed by atoms with Gasteiger partial charge in [0.05, 0.1) is 16.7 Å². The van der Waals surface area contributed by atoms with Crippen LogP contribution in [-0.4, -0.2) is 14.5 Å². The number of hydrogen-bond acceptors (Lipinski definition) is 3. The molecule has 262 valence electrons. The first-order chi connectivity index (χ1) is 27.8. The van der Waals surface area contributed by atoms with Crippen LogP contribution in [0.15, 0.2) is 200 Å². The summed E-state index contributed by atoms with van der Waals surface area (Å²) in [5.74, 6) is 0.726. The van der Waals surface area contributed by atoms with Crippen LogP contribution < -0.4 is 0 Å². The van der Waals surface area contributed by atoms with Gasteiger partial charge in [-0.1, -0.05) is 152 Å². The summed E-state index contributed by atoms with van der Waals surface area (Å²) in [6, 6.07) is 71.5. The second-order valence-corrected chi connectivity index (χ2v) is 15.2. The van der Waals surface area contributed by atoms with Gasteiger partial charge in [0.2, 0.25) is 0 Å².